The summed E-state index contributed by atoms with van der Waals surface area (Å²) >= 11 is 0. The van der Waals surface area contributed by atoms with E-state index < -0.39 is 5.97 Å². The Balaban J connectivity index is 1.47. The molecule has 4 rings (SSSR count). The predicted octanol–water partition coefficient (Wildman–Crippen LogP) is 4.73. The number of carbonyl (C=O) groups is 1. The van der Waals surface area contributed by atoms with Gasteiger partial charge in [-0.05, 0) is 56.1 Å². The lowest BCUT2D eigenvalue weighted by Gasteiger charge is -2.31. The number of rotatable bonds is 5. The number of likely N-dealkylation sites (tertiary alicyclic amines) is 1. The summed E-state index contributed by atoms with van der Waals surface area (Å²) < 4.78 is 6.00. The van der Waals surface area contributed by atoms with Crippen molar-refractivity contribution in [3.8, 4) is 11.3 Å². The smallest absolute Gasteiger partial charge is 0.336 e. The van der Waals surface area contributed by atoms with Gasteiger partial charge in [-0.2, -0.15) is 0 Å². The molecule has 1 aliphatic heterocycles. The van der Waals surface area contributed by atoms with Crippen molar-refractivity contribution >= 4 is 5.97 Å². The van der Waals surface area contributed by atoms with Crippen molar-refractivity contribution in [2.45, 2.75) is 32.2 Å². The van der Waals surface area contributed by atoms with Crippen LogP contribution in [0.15, 0.2) is 59.1 Å². The van der Waals surface area contributed by atoms with Crippen LogP contribution in [-0.4, -0.2) is 34.0 Å². The second-order valence-electron chi connectivity index (χ2n) is 7.45. The Kier molecular flexibility index (Phi) is 5.26. The molecule has 5 nitrogen and oxygen atoms in total. The summed E-state index contributed by atoms with van der Waals surface area (Å²) in [5.74, 6) is 0.948. The molecule has 144 valence electrons. The van der Waals surface area contributed by atoms with Gasteiger partial charge in [-0.15, -0.1) is 0 Å². The first-order valence-electron chi connectivity index (χ1n) is 9.66. The highest BCUT2D eigenvalue weighted by Crippen LogP contribution is 2.29. The van der Waals surface area contributed by atoms with Gasteiger partial charge < -0.3 is 9.52 Å². The van der Waals surface area contributed by atoms with Crippen molar-refractivity contribution < 1.29 is 14.3 Å². The van der Waals surface area contributed by atoms with E-state index in [4.69, 9.17) is 4.42 Å². The van der Waals surface area contributed by atoms with Crippen molar-refractivity contribution in [2.24, 2.45) is 0 Å². The largest absolute Gasteiger partial charge is 0.478 e. The Morgan fingerprint density at radius 1 is 1.21 bits per heavy atom. The molecule has 1 atom stereocenters. The molecule has 0 radical (unpaired) electrons. The number of hydrogen-bond acceptors (Lipinski definition) is 4. The third kappa shape index (κ3) is 3.99. The Bertz CT molecular complexity index is 962. The second kappa shape index (κ2) is 7.98. The predicted molar refractivity (Wildman–Crippen MR) is 107 cm³/mol. The van der Waals surface area contributed by atoms with Gasteiger partial charge in [0, 0.05) is 29.9 Å². The van der Waals surface area contributed by atoms with Crippen molar-refractivity contribution in [3.63, 3.8) is 0 Å². The standard InChI is InChI=1S/C23H24N2O3/c1-16-8-10-21(24-13-16)17-5-4-12-25(14-17)15-18-9-11-22(28-18)19-6-2-3-7-20(19)23(26)27/h2-3,6-11,13,17H,4-5,12,14-15H2,1H3,(H,26,27)/t17-/m1/s1. The fourth-order valence-corrected chi connectivity index (χ4v) is 3.87. The molecule has 0 aliphatic carbocycles. The molecule has 3 aromatic rings. The van der Waals surface area contributed by atoms with Crippen molar-refractivity contribution in [1.82, 2.24) is 9.88 Å². The number of furan rings is 1. The lowest BCUT2D eigenvalue weighted by atomic mass is 9.94. The molecule has 2 aromatic heterocycles. The molecule has 1 N–H and O–H groups in total. The van der Waals surface area contributed by atoms with Crippen LogP contribution in [0.4, 0.5) is 0 Å². The molecular weight excluding hydrogens is 352 g/mol. The van der Waals surface area contributed by atoms with Crippen LogP contribution in [0.25, 0.3) is 11.3 Å². The first-order chi connectivity index (χ1) is 13.6. The average molecular weight is 376 g/mol. The highest BCUT2D eigenvalue weighted by atomic mass is 16.4. The first kappa shape index (κ1) is 18.4. The zero-order valence-corrected chi connectivity index (χ0v) is 16.0. The van der Waals surface area contributed by atoms with Crippen molar-refractivity contribution in [3.05, 3.63) is 77.3 Å². The molecule has 0 saturated carbocycles. The molecule has 5 heteroatoms. The molecule has 28 heavy (non-hydrogen) atoms. The number of aryl methyl sites for hydroxylation is 1. The van der Waals surface area contributed by atoms with Gasteiger partial charge in [0.2, 0.25) is 0 Å². The monoisotopic (exact) mass is 376 g/mol. The summed E-state index contributed by atoms with van der Waals surface area (Å²) in [6, 6.07) is 15.0. The van der Waals surface area contributed by atoms with Crippen LogP contribution in [0.3, 0.4) is 0 Å². The second-order valence-corrected chi connectivity index (χ2v) is 7.45. The minimum atomic E-state index is -0.946. The topological polar surface area (TPSA) is 66.6 Å². The molecule has 1 saturated heterocycles. The Morgan fingerprint density at radius 3 is 2.86 bits per heavy atom. The van der Waals surface area contributed by atoms with Gasteiger partial charge in [0.25, 0.3) is 0 Å². The number of hydrogen-bond donors (Lipinski definition) is 1. The van der Waals surface area contributed by atoms with E-state index >= 15 is 0 Å². The number of aromatic carboxylic acids is 1. The van der Waals surface area contributed by atoms with E-state index in [1.165, 1.54) is 5.56 Å². The maximum Gasteiger partial charge on any atom is 0.336 e. The van der Waals surface area contributed by atoms with Crippen LogP contribution in [0.1, 0.15) is 46.1 Å². The van der Waals surface area contributed by atoms with E-state index in [9.17, 15) is 9.90 Å². The summed E-state index contributed by atoms with van der Waals surface area (Å²) in [6.45, 7) is 4.76. The molecule has 1 aromatic carbocycles. The van der Waals surface area contributed by atoms with Crippen LogP contribution in [0, 0.1) is 6.92 Å². The van der Waals surface area contributed by atoms with Gasteiger partial charge in [-0.3, -0.25) is 9.88 Å². The SMILES string of the molecule is Cc1ccc([C@@H]2CCCN(Cc3ccc(-c4ccccc4C(=O)O)o3)C2)nc1. The number of aromatic nitrogens is 1. The van der Waals surface area contributed by atoms with Crippen LogP contribution in [0.5, 0.6) is 0 Å². The fraction of sp³-hybridized carbons (Fsp3) is 0.304. The number of carboxylic acid groups (broad SMARTS) is 1. The van der Waals surface area contributed by atoms with E-state index in [0.717, 1.165) is 43.9 Å². The zero-order valence-electron chi connectivity index (χ0n) is 16.0. The summed E-state index contributed by atoms with van der Waals surface area (Å²) in [6.07, 6.45) is 4.23. The van der Waals surface area contributed by atoms with Gasteiger partial charge in [-0.25, -0.2) is 4.79 Å². The van der Waals surface area contributed by atoms with Gasteiger partial charge in [0.05, 0.1) is 12.1 Å². The first-order valence-corrected chi connectivity index (χ1v) is 9.66. The Hall–Kier alpha value is -2.92. The van der Waals surface area contributed by atoms with Gasteiger partial charge in [0.15, 0.2) is 0 Å². The highest BCUT2D eigenvalue weighted by molar-refractivity contribution is 5.95. The Morgan fingerprint density at radius 2 is 2.07 bits per heavy atom. The van der Waals surface area contributed by atoms with E-state index in [2.05, 4.69) is 28.9 Å². The maximum atomic E-state index is 11.5. The molecular formula is C23H24N2O3. The lowest BCUT2D eigenvalue weighted by molar-refractivity contribution is 0.0697. The molecule has 0 amide bonds. The molecule has 1 fully saturated rings. The lowest BCUT2D eigenvalue weighted by Crippen LogP contribution is -2.34. The summed E-state index contributed by atoms with van der Waals surface area (Å²) in [5.41, 5.74) is 3.21. The highest BCUT2D eigenvalue weighted by Gasteiger charge is 2.23. The normalized spacial score (nSPS) is 17.5. The van der Waals surface area contributed by atoms with E-state index in [1.807, 2.05) is 24.4 Å². The number of pyridine rings is 1. The van der Waals surface area contributed by atoms with Crippen molar-refractivity contribution in [1.29, 1.82) is 0 Å². The van der Waals surface area contributed by atoms with Crippen molar-refractivity contribution in [2.75, 3.05) is 13.1 Å². The number of piperidine rings is 1. The zero-order chi connectivity index (χ0) is 19.5. The van der Waals surface area contributed by atoms with E-state index in [1.54, 1.807) is 18.2 Å². The minimum absolute atomic E-state index is 0.256. The molecule has 3 heterocycles. The summed E-state index contributed by atoms with van der Waals surface area (Å²) in [5, 5.41) is 9.39. The number of nitrogens with zero attached hydrogens (tertiary/aromatic N) is 2. The number of benzene rings is 1. The summed E-state index contributed by atoms with van der Waals surface area (Å²) in [7, 11) is 0. The third-order valence-electron chi connectivity index (χ3n) is 5.32. The third-order valence-corrected chi connectivity index (χ3v) is 5.32. The van der Waals surface area contributed by atoms with E-state index in [0.29, 0.717) is 17.2 Å². The van der Waals surface area contributed by atoms with Crippen LogP contribution in [-0.2, 0) is 6.54 Å². The molecule has 0 bridgehead atoms. The fourth-order valence-electron chi connectivity index (χ4n) is 3.87. The van der Waals surface area contributed by atoms with Gasteiger partial charge >= 0.3 is 5.97 Å². The molecule has 1 aliphatic rings. The molecule has 0 unspecified atom stereocenters. The van der Waals surface area contributed by atoms with Gasteiger partial charge in [-0.1, -0.05) is 24.3 Å². The number of carboxylic acids is 1. The molecule has 0 spiro atoms. The van der Waals surface area contributed by atoms with Crippen LogP contribution < -0.4 is 0 Å². The van der Waals surface area contributed by atoms with E-state index in [-0.39, 0.29) is 5.56 Å². The quantitative estimate of drug-likeness (QED) is 0.697. The Labute approximate surface area is 164 Å². The minimum Gasteiger partial charge on any atom is -0.478 e. The van der Waals surface area contributed by atoms with Crippen LogP contribution >= 0.6 is 0 Å². The average Bonchev–Trinajstić information content (AvgIpc) is 3.17. The maximum absolute atomic E-state index is 11.5. The van der Waals surface area contributed by atoms with Crippen LogP contribution in [0.2, 0.25) is 0 Å². The summed E-state index contributed by atoms with van der Waals surface area (Å²) in [4.78, 5) is 18.5. The van der Waals surface area contributed by atoms with Gasteiger partial charge in [0.1, 0.15) is 11.5 Å².